The highest BCUT2D eigenvalue weighted by molar-refractivity contribution is 9.10. The second kappa shape index (κ2) is 6.19. The number of anilines is 1. The van der Waals surface area contributed by atoms with E-state index in [1.165, 1.54) is 0 Å². The van der Waals surface area contributed by atoms with Crippen LogP contribution in [0.3, 0.4) is 0 Å². The Bertz CT molecular complexity index is 829. The van der Waals surface area contributed by atoms with Gasteiger partial charge in [0.2, 0.25) is 5.91 Å². The number of hydrogen-bond acceptors (Lipinski definition) is 3. The minimum atomic E-state index is -0.0874. The third kappa shape index (κ3) is 2.96. The lowest BCUT2D eigenvalue weighted by molar-refractivity contribution is -0.115. The van der Waals surface area contributed by atoms with Crippen LogP contribution >= 0.6 is 15.9 Å². The third-order valence-corrected chi connectivity index (χ3v) is 4.00. The number of fused-ring (bicyclic) bond motifs is 1. The fraction of sp³-hybridized carbons (Fsp3) is 0.125. The number of rotatable bonds is 4. The average Bonchev–Trinajstić information content (AvgIpc) is 2.91. The molecule has 1 amide bonds. The topological polar surface area (TPSA) is 67.0 Å². The highest BCUT2D eigenvalue weighted by Gasteiger charge is 2.11. The molecule has 0 saturated carbocycles. The van der Waals surface area contributed by atoms with Gasteiger partial charge >= 0.3 is 0 Å². The monoisotopic (exact) mass is 359 g/mol. The first-order valence-corrected chi connectivity index (χ1v) is 7.50. The zero-order chi connectivity index (χ0) is 15.5. The summed E-state index contributed by atoms with van der Waals surface area (Å²) in [4.78, 5) is 19.4. The number of aromatic amines is 1. The van der Waals surface area contributed by atoms with E-state index in [2.05, 4.69) is 31.2 Å². The van der Waals surface area contributed by atoms with Crippen molar-refractivity contribution in [1.29, 1.82) is 0 Å². The highest BCUT2D eigenvalue weighted by atomic mass is 79.9. The number of aromatic nitrogens is 2. The number of hydrogen-bond donors (Lipinski definition) is 2. The molecule has 2 N–H and O–H groups in total. The van der Waals surface area contributed by atoms with Gasteiger partial charge in [0.25, 0.3) is 0 Å². The standard InChI is InChI=1S/C16H14BrN3O2/c1-22-11-2-3-14-12(7-11)10(8-19-14)6-16(21)20-15-4-5-18-9-13(15)17/h2-5,7-9,19H,6H2,1H3,(H,18,20,21). The Morgan fingerprint density at radius 1 is 1.41 bits per heavy atom. The van der Waals surface area contributed by atoms with Crippen LogP contribution in [0.15, 0.2) is 47.3 Å². The molecule has 0 aliphatic carbocycles. The van der Waals surface area contributed by atoms with Gasteiger partial charge in [-0.15, -0.1) is 0 Å². The summed E-state index contributed by atoms with van der Waals surface area (Å²) < 4.78 is 5.99. The van der Waals surface area contributed by atoms with Crippen LogP contribution in [0.25, 0.3) is 10.9 Å². The Hall–Kier alpha value is -2.34. The molecule has 6 heteroatoms. The van der Waals surface area contributed by atoms with Gasteiger partial charge in [-0.2, -0.15) is 0 Å². The van der Waals surface area contributed by atoms with Crippen LogP contribution in [0.5, 0.6) is 5.75 Å². The molecule has 0 spiro atoms. The maximum absolute atomic E-state index is 12.2. The van der Waals surface area contributed by atoms with Gasteiger partial charge in [-0.3, -0.25) is 9.78 Å². The molecule has 0 unspecified atom stereocenters. The molecule has 0 atom stereocenters. The summed E-state index contributed by atoms with van der Waals surface area (Å²) in [5.41, 5.74) is 2.61. The van der Waals surface area contributed by atoms with Crippen molar-refractivity contribution in [3.63, 3.8) is 0 Å². The summed E-state index contributed by atoms with van der Waals surface area (Å²) >= 11 is 3.36. The van der Waals surface area contributed by atoms with Gasteiger partial charge in [-0.1, -0.05) is 0 Å². The van der Waals surface area contributed by atoms with Crippen molar-refractivity contribution in [2.24, 2.45) is 0 Å². The second-order valence-electron chi connectivity index (χ2n) is 4.81. The number of amides is 1. The number of H-pyrrole nitrogens is 1. The van der Waals surface area contributed by atoms with Crippen molar-refractivity contribution in [1.82, 2.24) is 9.97 Å². The summed E-state index contributed by atoms with van der Waals surface area (Å²) in [5.74, 6) is 0.682. The van der Waals surface area contributed by atoms with Crippen LogP contribution in [-0.2, 0) is 11.2 Å². The quantitative estimate of drug-likeness (QED) is 0.748. The first-order valence-electron chi connectivity index (χ1n) is 6.71. The van der Waals surface area contributed by atoms with Gasteiger partial charge in [0, 0.05) is 29.5 Å². The second-order valence-corrected chi connectivity index (χ2v) is 5.66. The first-order chi connectivity index (χ1) is 10.7. The molecule has 2 aromatic heterocycles. The molecular weight excluding hydrogens is 346 g/mol. The molecule has 0 fully saturated rings. The Kier molecular flexibility index (Phi) is 4.11. The molecule has 3 rings (SSSR count). The zero-order valence-electron chi connectivity index (χ0n) is 11.9. The van der Waals surface area contributed by atoms with Gasteiger partial charge in [0.15, 0.2) is 0 Å². The molecule has 0 saturated heterocycles. The van der Waals surface area contributed by atoms with Gasteiger partial charge in [-0.05, 0) is 45.8 Å². The van der Waals surface area contributed by atoms with E-state index in [1.54, 1.807) is 25.6 Å². The first kappa shape index (κ1) is 14.6. The fourth-order valence-electron chi connectivity index (χ4n) is 2.27. The molecule has 0 aliphatic rings. The molecule has 2 heterocycles. The van der Waals surface area contributed by atoms with Crippen LogP contribution in [0.1, 0.15) is 5.56 Å². The van der Waals surface area contributed by atoms with E-state index < -0.39 is 0 Å². The number of nitrogens with one attached hydrogen (secondary N) is 2. The summed E-state index contributed by atoms with van der Waals surface area (Å²) in [5, 5.41) is 3.86. The maximum Gasteiger partial charge on any atom is 0.228 e. The van der Waals surface area contributed by atoms with E-state index in [1.807, 2.05) is 24.4 Å². The zero-order valence-corrected chi connectivity index (χ0v) is 13.5. The largest absolute Gasteiger partial charge is 0.497 e. The molecule has 0 bridgehead atoms. The number of pyridine rings is 1. The number of carbonyl (C=O) groups is 1. The number of benzene rings is 1. The molecule has 112 valence electrons. The minimum absolute atomic E-state index is 0.0874. The lowest BCUT2D eigenvalue weighted by Gasteiger charge is -2.06. The number of ether oxygens (including phenoxy) is 1. The molecule has 3 aromatic rings. The maximum atomic E-state index is 12.2. The minimum Gasteiger partial charge on any atom is -0.497 e. The number of halogens is 1. The van der Waals surface area contributed by atoms with Gasteiger partial charge in [0.1, 0.15) is 5.75 Å². The van der Waals surface area contributed by atoms with Crippen molar-refractivity contribution in [2.45, 2.75) is 6.42 Å². The predicted octanol–water partition coefficient (Wildman–Crippen LogP) is 3.52. The smallest absolute Gasteiger partial charge is 0.228 e. The van der Waals surface area contributed by atoms with Crippen LogP contribution in [-0.4, -0.2) is 23.0 Å². The molecule has 1 aromatic carbocycles. The summed E-state index contributed by atoms with van der Waals surface area (Å²) in [6, 6.07) is 7.50. The van der Waals surface area contributed by atoms with Crippen LogP contribution < -0.4 is 10.1 Å². The molecule has 0 radical (unpaired) electrons. The lowest BCUT2D eigenvalue weighted by Crippen LogP contribution is -2.14. The van der Waals surface area contributed by atoms with Gasteiger partial charge in [0.05, 0.1) is 23.7 Å². The van der Waals surface area contributed by atoms with E-state index >= 15 is 0 Å². The van der Waals surface area contributed by atoms with E-state index in [0.717, 1.165) is 26.7 Å². The number of nitrogens with zero attached hydrogens (tertiary/aromatic N) is 1. The van der Waals surface area contributed by atoms with Crippen molar-refractivity contribution in [3.8, 4) is 5.75 Å². The van der Waals surface area contributed by atoms with Crippen molar-refractivity contribution < 1.29 is 9.53 Å². The van der Waals surface area contributed by atoms with Gasteiger partial charge < -0.3 is 15.0 Å². The van der Waals surface area contributed by atoms with Crippen molar-refractivity contribution >= 4 is 38.4 Å². The van der Waals surface area contributed by atoms with E-state index in [4.69, 9.17) is 4.74 Å². The van der Waals surface area contributed by atoms with E-state index in [9.17, 15) is 4.79 Å². The average molecular weight is 360 g/mol. The predicted molar refractivity (Wildman–Crippen MR) is 89.1 cm³/mol. The van der Waals surface area contributed by atoms with Crippen LogP contribution in [0, 0.1) is 0 Å². The Balaban J connectivity index is 1.81. The van der Waals surface area contributed by atoms with Crippen LogP contribution in [0.4, 0.5) is 5.69 Å². The fourth-order valence-corrected chi connectivity index (χ4v) is 2.62. The molecule has 22 heavy (non-hydrogen) atoms. The Morgan fingerprint density at radius 2 is 2.27 bits per heavy atom. The SMILES string of the molecule is COc1ccc2[nH]cc(CC(=O)Nc3ccncc3Br)c2c1. The van der Waals surface area contributed by atoms with Gasteiger partial charge in [-0.25, -0.2) is 0 Å². The van der Waals surface area contributed by atoms with Crippen molar-refractivity contribution in [3.05, 3.63) is 52.9 Å². The normalized spacial score (nSPS) is 10.6. The van der Waals surface area contributed by atoms with E-state index in [-0.39, 0.29) is 12.3 Å². The third-order valence-electron chi connectivity index (χ3n) is 3.37. The summed E-state index contributed by atoms with van der Waals surface area (Å²) in [6.45, 7) is 0. The number of carbonyl (C=O) groups excluding carboxylic acids is 1. The van der Waals surface area contributed by atoms with Crippen molar-refractivity contribution in [2.75, 3.05) is 12.4 Å². The Labute approximate surface area is 135 Å². The van der Waals surface area contributed by atoms with E-state index in [0.29, 0.717) is 5.69 Å². The highest BCUT2D eigenvalue weighted by Crippen LogP contribution is 2.25. The summed E-state index contributed by atoms with van der Waals surface area (Å²) in [7, 11) is 1.63. The molecular formula is C16H14BrN3O2. The van der Waals surface area contributed by atoms with Crippen LogP contribution in [0.2, 0.25) is 0 Å². The number of methoxy groups -OCH3 is 1. The Morgan fingerprint density at radius 3 is 3.05 bits per heavy atom. The molecule has 5 nitrogen and oxygen atoms in total. The lowest BCUT2D eigenvalue weighted by atomic mass is 10.1. The summed E-state index contributed by atoms with van der Waals surface area (Å²) in [6.07, 6.45) is 5.41. The molecule has 0 aliphatic heterocycles.